The molecule has 0 bridgehead atoms. The molecular weight excluding hydrogens is 468 g/mol. The lowest BCUT2D eigenvalue weighted by Gasteiger charge is -2.44. The third kappa shape index (κ3) is 5.37. The monoisotopic (exact) mass is 492 g/mol. The van der Waals surface area contributed by atoms with E-state index in [0.717, 1.165) is 6.26 Å². The first kappa shape index (κ1) is 24.7. The first-order valence-electron chi connectivity index (χ1n) is 10.1. The van der Waals surface area contributed by atoms with Gasteiger partial charge in [0.2, 0.25) is 15.9 Å². The zero-order chi connectivity index (χ0) is 24.5. The summed E-state index contributed by atoms with van der Waals surface area (Å²) < 4.78 is 26.7. The second kappa shape index (κ2) is 9.54. The Hall–Kier alpha value is -2.89. The van der Waals surface area contributed by atoms with Gasteiger partial charge >= 0.3 is 0 Å². The quantitative estimate of drug-likeness (QED) is 0.496. The molecule has 1 fully saturated rings. The van der Waals surface area contributed by atoms with Crippen molar-refractivity contribution in [1.82, 2.24) is 29.5 Å². The van der Waals surface area contributed by atoms with E-state index in [2.05, 4.69) is 26.8 Å². The fraction of sp³-hybridized carbons (Fsp3) is 0.381. The number of carbonyl (C=O) groups is 2. The molecule has 0 saturated carbocycles. The Morgan fingerprint density at radius 3 is 2.45 bits per heavy atom. The number of pyridine rings is 1. The van der Waals surface area contributed by atoms with E-state index in [1.165, 1.54) is 23.5 Å². The molecule has 176 valence electrons. The Kier molecular flexibility index (Phi) is 7.15. The number of halogens is 1. The number of rotatable bonds is 5. The van der Waals surface area contributed by atoms with Gasteiger partial charge < -0.3 is 10.2 Å². The lowest BCUT2D eigenvalue weighted by molar-refractivity contribution is -0.129. The topological polar surface area (TPSA) is 125 Å². The van der Waals surface area contributed by atoms with Crippen molar-refractivity contribution in [3.05, 3.63) is 53.1 Å². The fourth-order valence-electron chi connectivity index (χ4n) is 3.97. The summed E-state index contributed by atoms with van der Waals surface area (Å²) in [7, 11) is -2.12. The molecule has 1 saturated heterocycles. The Morgan fingerprint density at radius 1 is 1.18 bits per heavy atom. The van der Waals surface area contributed by atoms with Gasteiger partial charge in [-0.1, -0.05) is 18.2 Å². The highest BCUT2D eigenvalue weighted by molar-refractivity contribution is 7.88. The Balaban J connectivity index is 2.14. The van der Waals surface area contributed by atoms with E-state index < -0.39 is 22.1 Å². The van der Waals surface area contributed by atoms with E-state index in [1.807, 2.05) is 0 Å². The van der Waals surface area contributed by atoms with E-state index >= 15 is 0 Å². The van der Waals surface area contributed by atoms with Crippen molar-refractivity contribution in [2.75, 3.05) is 26.4 Å². The third-order valence-corrected chi connectivity index (χ3v) is 6.82. The molecule has 10 nitrogen and oxygen atoms in total. The van der Waals surface area contributed by atoms with Crippen molar-refractivity contribution in [2.45, 2.75) is 25.9 Å². The molecule has 0 radical (unpaired) electrons. The molecule has 0 aliphatic carbocycles. The highest BCUT2D eigenvalue weighted by Gasteiger charge is 2.40. The van der Waals surface area contributed by atoms with Crippen LogP contribution in [0.5, 0.6) is 0 Å². The van der Waals surface area contributed by atoms with E-state index in [9.17, 15) is 18.0 Å². The summed E-state index contributed by atoms with van der Waals surface area (Å²) in [4.78, 5) is 38.8. The second-order valence-electron chi connectivity index (χ2n) is 7.78. The van der Waals surface area contributed by atoms with Crippen LogP contribution in [-0.2, 0) is 14.8 Å². The summed E-state index contributed by atoms with van der Waals surface area (Å²) in [6, 6.07) is 3.54. The normalized spacial score (nSPS) is 19.2. The van der Waals surface area contributed by atoms with E-state index in [4.69, 9.17) is 11.6 Å². The maximum absolute atomic E-state index is 12.7. The van der Waals surface area contributed by atoms with Crippen LogP contribution in [0.1, 0.15) is 34.8 Å². The molecule has 0 spiro atoms. The van der Waals surface area contributed by atoms with Gasteiger partial charge in [-0.25, -0.2) is 23.4 Å². The van der Waals surface area contributed by atoms with Crippen LogP contribution < -0.4 is 5.32 Å². The minimum atomic E-state index is -3.62. The summed E-state index contributed by atoms with van der Waals surface area (Å²) in [5.41, 5.74) is 1.41. The lowest BCUT2D eigenvalue weighted by Crippen LogP contribution is -2.56. The molecule has 2 aromatic rings. The number of carbonyl (C=O) groups excluding carboxylic acids is 2. The number of nitrogens with zero attached hydrogens (tertiary/aromatic N) is 5. The smallest absolute Gasteiger partial charge is 0.269 e. The van der Waals surface area contributed by atoms with Crippen LogP contribution in [-0.4, -0.2) is 76.8 Å². The fourth-order valence-corrected chi connectivity index (χ4v) is 5.56. The van der Waals surface area contributed by atoms with Crippen LogP contribution in [0.2, 0.25) is 5.15 Å². The number of amides is 2. The van der Waals surface area contributed by atoms with E-state index in [1.54, 1.807) is 30.9 Å². The van der Waals surface area contributed by atoms with Crippen molar-refractivity contribution in [3.8, 4) is 11.4 Å². The Labute approximate surface area is 197 Å². The minimum Gasteiger partial charge on any atom is -0.354 e. The van der Waals surface area contributed by atoms with Gasteiger partial charge in [0.1, 0.15) is 16.7 Å². The standard InChI is InChI=1S/C21H25ClN6O4S/c1-6-20(29)27-10-12(2)28(33(5,31)32)18(11-27)14-7-15(26-19(22)8-14)16-9-17(21(30)23-4)25-13(3)24-16/h6-9,12,18H,1,10-11H2,2-5H3,(H,23,30)/t12-,18+/m0/s1. The Morgan fingerprint density at radius 2 is 1.85 bits per heavy atom. The molecule has 3 rings (SSSR count). The summed E-state index contributed by atoms with van der Waals surface area (Å²) in [6.07, 6.45) is 2.34. The average molecular weight is 493 g/mol. The molecule has 1 aliphatic heterocycles. The molecule has 0 aromatic carbocycles. The van der Waals surface area contributed by atoms with Crippen molar-refractivity contribution in [2.24, 2.45) is 0 Å². The van der Waals surface area contributed by atoms with Gasteiger partial charge in [0, 0.05) is 26.2 Å². The van der Waals surface area contributed by atoms with Crippen LogP contribution in [0.3, 0.4) is 0 Å². The van der Waals surface area contributed by atoms with Crippen LogP contribution in [0.4, 0.5) is 0 Å². The lowest BCUT2D eigenvalue weighted by atomic mass is 10.0. The van der Waals surface area contributed by atoms with Crippen LogP contribution in [0.25, 0.3) is 11.4 Å². The number of piperazine rings is 1. The van der Waals surface area contributed by atoms with Gasteiger partial charge in [0.05, 0.1) is 23.7 Å². The first-order valence-corrected chi connectivity index (χ1v) is 12.3. The van der Waals surface area contributed by atoms with Crippen molar-refractivity contribution >= 4 is 33.4 Å². The summed E-state index contributed by atoms with van der Waals surface area (Å²) in [6.45, 7) is 7.27. The maximum atomic E-state index is 12.7. The van der Waals surface area contributed by atoms with E-state index in [0.29, 0.717) is 22.8 Å². The number of sulfonamides is 1. The van der Waals surface area contributed by atoms with Gasteiger partial charge in [-0.05, 0) is 43.7 Å². The number of nitrogens with one attached hydrogen (secondary N) is 1. The largest absolute Gasteiger partial charge is 0.354 e. The number of aromatic nitrogens is 3. The molecule has 12 heteroatoms. The molecular formula is C21H25ClN6O4S. The molecule has 1 aliphatic rings. The number of hydrogen-bond donors (Lipinski definition) is 1. The summed E-state index contributed by atoms with van der Waals surface area (Å²) in [5, 5.41) is 2.63. The van der Waals surface area contributed by atoms with Gasteiger partial charge in [-0.15, -0.1) is 0 Å². The zero-order valence-electron chi connectivity index (χ0n) is 18.7. The molecule has 2 atom stereocenters. The van der Waals surface area contributed by atoms with Gasteiger partial charge in [0.25, 0.3) is 5.91 Å². The van der Waals surface area contributed by atoms with Gasteiger partial charge in [-0.3, -0.25) is 9.59 Å². The van der Waals surface area contributed by atoms with E-state index in [-0.39, 0.29) is 35.8 Å². The Bertz CT molecular complexity index is 1220. The second-order valence-corrected chi connectivity index (χ2v) is 10.1. The highest BCUT2D eigenvalue weighted by Crippen LogP contribution is 2.34. The predicted octanol–water partition coefficient (Wildman–Crippen LogP) is 1.58. The number of aryl methyl sites for hydroxylation is 1. The molecule has 0 unspecified atom stereocenters. The molecule has 3 heterocycles. The first-order chi connectivity index (χ1) is 15.4. The highest BCUT2D eigenvalue weighted by atomic mass is 35.5. The molecule has 33 heavy (non-hydrogen) atoms. The SMILES string of the molecule is C=CC(=O)N1C[C@H](c2cc(Cl)nc(-c3cc(C(=O)NC)nc(C)n3)c2)N(S(C)(=O)=O)[C@@H](C)C1. The molecule has 1 N–H and O–H groups in total. The van der Waals surface area contributed by atoms with Crippen LogP contribution in [0, 0.1) is 6.92 Å². The predicted molar refractivity (Wildman–Crippen MR) is 124 cm³/mol. The molecule has 2 amide bonds. The zero-order valence-corrected chi connectivity index (χ0v) is 20.3. The number of hydrogen-bond acceptors (Lipinski definition) is 7. The summed E-state index contributed by atoms with van der Waals surface area (Å²) >= 11 is 6.31. The van der Waals surface area contributed by atoms with Crippen molar-refractivity contribution < 1.29 is 18.0 Å². The molecule has 2 aromatic heterocycles. The van der Waals surface area contributed by atoms with Gasteiger partial charge in [0.15, 0.2) is 0 Å². The maximum Gasteiger partial charge on any atom is 0.269 e. The third-order valence-electron chi connectivity index (χ3n) is 5.25. The van der Waals surface area contributed by atoms with Crippen LogP contribution >= 0.6 is 11.6 Å². The van der Waals surface area contributed by atoms with Crippen molar-refractivity contribution in [1.29, 1.82) is 0 Å². The van der Waals surface area contributed by atoms with Crippen LogP contribution in [0.15, 0.2) is 30.9 Å². The average Bonchev–Trinajstić information content (AvgIpc) is 2.75. The summed E-state index contributed by atoms with van der Waals surface area (Å²) in [5.74, 6) is -0.310. The van der Waals surface area contributed by atoms with Crippen molar-refractivity contribution in [3.63, 3.8) is 0 Å². The van der Waals surface area contributed by atoms with Gasteiger partial charge in [-0.2, -0.15) is 4.31 Å². The minimum absolute atomic E-state index is 0.119.